The molecular formula is C23H30N4O2. The fourth-order valence-corrected chi connectivity index (χ4v) is 3.52. The first-order chi connectivity index (χ1) is 13.7. The van der Waals surface area contributed by atoms with E-state index >= 15 is 0 Å². The van der Waals surface area contributed by atoms with E-state index in [9.17, 15) is 4.79 Å². The Labute approximate surface area is 172 Å². The van der Waals surface area contributed by atoms with E-state index in [0.29, 0.717) is 6.54 Å². The zero-order valence-electron chi connectivity index (χ0n) is 18.1. The number of benzene rings is 1. The number of pyridine rings is 1. The smallest absolute Gasteiger partial charge is 0.410 e. The Morgan fingerprint density at radius 2 is 2.03 bits per heavy atom. The van der Waals surface area contributed by atoms with Crippen molar-refractivity contribution in [2.75, 3.05) is 13.6 Å². The van der Waals surface area contributed by atoms with Crippen LogP contribution >= 0.6 is 0 Å². The molecule has 0 aliphatic carbocycles. The van der Waals surface area contributed by atoms with Gasteiger partial charge in [-0.2, -0.15) is 5.10 Å². The first kappa shape index (κ1) is 20.8. The summed E-state index contributed by atoms with van der Waals surface area (Å²) in [6, 6.07) is 10.5. The van der Waals surface area contributed by atoms with Gasteiger partial charge in [0.2, 0.25) is 0 Å². The van der Waals surface area contributed by atoms with Crippen LogP contribution in [0.25, 0.3) is 22.2 Å². The van der Waals surface area contributed by atoms with Crippen LogP contribution in [0.4, 0.5) is 4.79 Å². The second-order valence-electron chi connectivity index (χ2n) is 8.48. The molecule has 0 aliphatic rings. The molecule has 0 spiro atoms. The van der Waals surface area contributed by atoms with Crippen molar-refractivity contribution in [1.29, 1.82) is 0 Å². The number of nitrogens with one attached hydrogen (secondary N) is 1. The average molecular weight is 395 g/mol. The normalized spacial score (nSPS) is 12.8. The second-order valence-corrected chi connectivity index (χ2v) is 8.48. The minimum absolute atomic E-state index is 0.218. The van der Waals surface area contributed by atoms with E-state index < -0.39 is 5.60 Å². The largest absolute Gasteiger partial charge is 0.444 e. The molecule has 1 unspecified atom stereocenters. The maximum Gasteiger partial charge on any atom is 0.410 e. The van der Waals surface area contributed by atoms with Gasteiger partial charge in [0, 0.05) is 31.1 Å². The summed E-state index contributed by atoms with van der Waals surface area (Å²) in [4.78, 5) is 18.4. The van der Waals surface area contributed by atoms with Crippen molar-refractivity contribution >= 4 is 17.1 Å². The Balaban J connectivity index is 1.87. The molecule has 6 nitrogen and oxygen atoms in total. The van der Waals surface area contributed by atoms with Crippen molar-refractivity contribution < 1.29 is 9.53 Å². The van der Waals surface area contributed by atoms with E-state index in [4.69, 9.17) is 4.74 Å². The van der Waals surface area contributed by atoms with E-state index in [2.05, 4.69) is 46.4 Å². The summed E-state index contributed by atoms with van der Waals surface area (Å²) in [7, 11) is 1.79. The predicted molar refractivity (Wildman–Crippen MR) is 116 cm³/mol. The van der Waals surface area contributed by atoms with Crippen molar-refractivity contribution in [3.63, 3.8) is 0 Å². The van der Waals surface area contributed by atoms with Crippen molar-refractivity contribution in [3.05, 3.63) is 47.8 Å². The number of hydrogen-bond acceptors (Lipinski definition) is 4. The number of hydrogen-bond donors (Lipinski definition) is 1. The highest BCUT2D eigenvalue weighted by Crippen LogP contribution is 2.31. The van der Waals surface area contributed by atoms with Crippen molar-refractivity contribution in [3.8, 4) is 11.1 Å². The van der Waals surface area contributed by atoms with Gasteiger partial charge in [-0.1, -0.05) is 31.2 Å². The van der Waals surface area contributed by atoms with E-state index in [1.165, 1.54) is 5.56 Å². The van der Waals surface area contributed by atoms with E-state index in [0.717, 1.165) is 34.3 Å². The maximum atomic E-state index is 12.4. The molecule has 1 aromatic carbocycles. The minimum atomic E-state index is -0.498. The fraction of sp³-hybridized carbons (Fsp3) is 0.435. The van der Waals surface area contributed by atoms with Gasteiger partial charge < -0.3 is 9.64 Å². The second kappa shape index (κ2) is 8.23. The van der Waals surface area contributed by atoms with Crippen LogP contribution < -0.4 is 0 Å². The summed E-state index contributed by atoms with van der Waals surface area (Å²) in [5.74, 6) is 0.218. The molecule has 2 aromatic heterocycles. The van der Waals surface area contributed by atoms with Gasteiger partial charge in [0.05, 0.1) is 5.69 Å². The number of carbonyl (C=O) groups excluding carboxylic acids is 1. The molecule has 3 rings (SSSR count). The number of nitrogens with zero attached hydrogens (tertiary/aromatic N) is 3. The topological polar surface area (TPSA) is 71.1 Å². The summed E-state index contributed by atoms with van der Waals surface area (Å²) < 4.78 is 5.50. The molecule has 0 saturated carbocycles. The molecule has 1 atom stereocenters. The van der Waals surface area contributed by atoms with E-state index in [1.807, 2.05) is 33.8 Å². The molecule has 0 fully saturated rings. The van der Waals surface area contributed by atoms with Crippen LogP contribution in [-0.2, 0) is 4.74 Å². The zero-order valence-corrected chi connectivity index (χ0v) is 18.1. The van der Waals surface area contributed by atoms with E-state index in [1.54, 1.807) is 18.1 Å². The number of aromatic amines is 1. The number of aryl methyl sites for hydroxylation is 1. The van der Waals surface area contributed by atoms with Crippen LogP contribution in [0, 0.1) is 6.92 Å². The first-order valence-corrected chi connectivity index (χ1v) is 10.0. The van der Waals surface area contributed by atoms with Gasteiger partial charge in [-0.3, -0.25) is 5.10 Å². The fourth-order valence-electron chi connectivity index (χ4n) is 3.52. The van der Waals surface area contributed by atoms with Gasteiger partial charge in [0.1, 0.15) is 5.60 Å². The Morgan fingerprint density at radius 3 is 2.72 bits per heavy atom. The number of rotatable bonds is 5. The Bertz CT molecular complexity index is 1000. The minimum Gasteiger partial charge on any atom is -0.444 e. The van der Waals surface area contributed by atoms with Gasteiger partial charge in [0.25, 0.3) is 0 Å². The lowest BCUT2D eigenvalue weighted by Gasteiger charge is -2.27. The zero-order chi connectivity index (χ0) is 21.2. The average Bonchev–Trinajstić information content (AvgIpc) is 3.06. The van der Waals surface area contributed by atoms with Crippen LogP contribution in [0.5, 0.6) is 0 Å². The Kier molecular flexibility index (Phi) is 5.91. The monoisotopic (exact) mass is 394 g/mol. The van der Waals surface area contributed by atoms with Crippen LogP contribution in [-0.4, -0.2) is 45.4 Å². The Morgan fingerprint density at radius 1 is 1.28 bits per heavy atom. The van der Waals surface area contributed by atoms with Crippen LogP contribution in [0.1, 0.15) is 51.3 Å². The number of H-pyrrole nitrogens is 1. The quantitative estimate of drug-likeness (QED) is 0.638. The summed E-state index contributed by atoms with van der Waals surface area (Å²) in [6.45, 7) is 10.4. The summed E-state index contributed by atoms with van der Waals surface area (Å²) >= 11 is 0. The van der Waals surface area contributed by atoms with Gasteiger partial charge in [0.15, 0.2) is 5.65 Å². The molecule has 29 heavy (non-hydrogen) atoms. The van der Waals surface area contributed by atoms with Crippen molar-refractivity contribution in [1.82, 2.24) is 20.1 Å². The lowest BCUT2D eigenvalue weighted by Crippen LogP contribution is -2.36. The molecule has 0 radical (unpaired) electrons. The number of ether oxygens (including phenoxy) is 1. The highest BCUT2D eigenvalue weighted by Gasteiger charge is 2.22. The number of amides is 1. The van der Waals surface area contributed by atoms with E-state index in [-0.39, 0.29) is 12.0 Å². The van der Waals surface area contributed by atoms with Crippen LogP contribution in [0.2, 0.25) is 0 Å². The van der Waals surface area contributed by atoms with Crippen LogP contribution in [0.15, 0.2) is 36.5 Å². The molecule has 6 heteroatoms. The lowest BCUT2D eigenvalue weighted by molar-refractivity contribution is 0.0288. The van der Waals surface area contributed by atoms with Gasteiger partial charge >= 0.3 is 6.09 Å². The maximum absolute atomic E-state index is 12.4. The number of fused-ring (bicyclic) bond motifs is 1. The SMILES string of the molecule is CCC(CN(C)C(=O)OC(C)(C)C)c1cccc(-c2ccnc3[nH]nc(C)c23)c1. The standard InChI is InChI=1S/C23H30N4O2/c1-7-16(14-27(6)22(28)29-23(3,4)5)17-9-8-10-18(13-17)19-11-12-24-21-20(19)15(2)25-26-21/h8-13,16H,7,14H2,1-6H3,(H,24,25,26). The third kappa shape index (κ3) is 4.75. The summed E-state index contributed by atoms with van der Waals surface area (Å²) in [6.07, 6.45) is 2.43. The molecule has 154 valence electrons. The highest BCUT2D eigenvalue weighted by molar-refractivity contribution is 5.94. The molecule has 0 saturated heterocycles. The molecule has 0 bridgehead atoms. The summed E-state index contributed by atoms with van der Waals surface area (Å²) in [5.41, 5.74) is 4.66. The molecule has 1 amide bonds. The van der Waals surface area contributed by atoms with Gasteiger partial charge in [-0.25, -0.2) is 9.78 Å². The van der Waals surface area contributed by atoms with Gasteiger partial charge in [-0.05, 0) is 56.9 Å². The molecule has 3 aromatic rings. The Hall–Kier alpha value is -2.89. The summed E-state index contributed by atoms with van der Waals surface area (Å²) in [5, 5.41) is 8.33. The van der Waals surface area contributed by atoms with Gasteiger partial charge in [-0.15, -0.1) is 0 Å². The first-order valence-electron chi connectivity index (χ1n) is 10.0. The molecule has 2 heterocycles. The number of carbonyl (C=O) groups is 1. The number of aromatic nitrogens is 3. The number of likely N-dealkylation sites (N-methyl/N-ethyl adjacent to an activating group) is 1. The predicted octanol–water partition coefficient (Wildman–Crippen LogP) is 5.29. The lowest BCUT2D eigenvalue weighted by atomic mass is 9.92. The third-order valence-corrected chi connectivity index (χ3v) is 5.00. The molecule has 0 aliphatic heterocycles. The molecule has 1 N–H and O–H groups in total. The molecular weight excluding hydrogens is 364 g/mol. The highest BCUT2D eigenvalue weighted by atomic mass is 16.6. The van der Waals surface area contributed by atoms with Crippen LogP contribution in [0.3, 0.4) is 0 Å². The van der Waals surface area contributed by atoms with Crippen molar-refractivity contribution in [2.45, 2.75) is 52.6 Å². The third-order valence-electron chi connectivity index (χ3n) is 5.00. The van der Waals surface area contributed by atoms with Crippen molar-refractivity contribution in [2.24, 2.45) is 0 Å².